The van der Waals surface area contributed by atoms with Gasteiger partial charge < -0.3 is 16.0 Å². The standard InChI is InChI=1S/C37H34N6O6S/c1-4-32(36(46)40-33-24(2)41(3)42(37(33)47)28-18-9-6-10-19-28)50-29-20-13-17-27(23-29)38-35(45)30(39-34(44)25-14-7-5-8-15-25)22-26-16-11-12-21-31(26)43(48)49/h5-23,32H,4H2,1-3H3,(H,38,45)(H,39,44)(H,40,46)/b30-22+. The number of hydrogen-bond acceptors (Lipinski definition) is 7. The molecule has 5 rings (SSSR count). The molecule has 13 heteroatoms. The highest BCUT2D eigenvalue weighted by Gasteiger charge is 2.24. The van der Waals surface area contributed by atoms with Gasteiger partial charge in [0, 0.05) is 29.3 Å². The van der Waals surface area contributed by atoms with E-state index in [9.17, 15) is 29.3 Å². The van der Waals surface area contributed by atoms with Crippen LogP contribution in [0.4, 0.5) is 17.1 Å². The van der Waals surface area contributed by atoms with Gasteiger partial charge in [0.25, 0.3) is 23.1 Å². The zero-order valence-corrected chi connectivity index (χ0v) is 28.3. The van der Waals surface area contributed by atoms with Gasteiger partial charge in [0.15, 0.2) is 0 Å². The number of nitro groups is 1. The van der Waals surface area contributed by atoms with Crippen LogP contribution in [0.3, 0.4) is 0 Å². The van der Waals surface area contributed by atoms with Crippen molar-refractivity contribution in [2.24, 2.45) is 7.05 Å². The fraction of sp³-hybridized carbons (Fsp3) is 0.135. The first-order chi connectivity index (χ1) is 24.1. The minimum atomic E-state index is -0.714. The number of aromatic nitrogens is 2. The molecule has 0 fully saturated rings. The third-order valence-electron chi connectivity index (χ3n) is 7.80. The number of para-hydroxylation sites is 2. The molecule has 1 aromatic heterocycles. The van der Waals surface area contributed by atoms with E-state index in [0.717, 1.165) is 0 Å². The lowest BCUT2D eigenvalue weighted by molar-refractivity contribution is -0.385. The van der Waals surface area contributed by atoms with Crippen molar-refractivity contribution in [3.8, 4) is 5.69 Å². The highest BCUT2D eigenvalue weighted by atomic mass is 32.2. The van der Waals surface area contributed by atoms with E-state index in [1.165, 1.54) is 40.7 Å². The number of benzene rings is 4. The summed E-state index contributed by atoms with van der Waals surface area (Å²) in [7, 11) is 1.75. The first-order valence-electron chi connectivity index (χ1n) is 15.6. The van der Waals surface area contributed by atoms with Crippen LogP contribution in [0, 0.1) is 17.0 Å². The molecule has 12 nitrogen and oxygen atoms in total. The number of rotatable bonds is 12. The van der Waals surface area contributed by atoms with Crippen LogP contribution in [-0.2, 0) is 16.6 Å². The summed E-state index contributed by atoms with van der Waals surface area (Å²) < 4.78 is 3.18. The Morgan fingerprint density at radius 1 is 0.900 bits per heavy atom. The van der Waals surface area contributed by atoms with Crippen molar-refractivity contribution in [3.05, 3.63) is 152 Å². The van der Waals surface area contributed by atoms with Crippen molar-refractivity contribution < 1.29 is 19.3 Å². The van der Waals surface area contributed by atoms with E-state index in [0.29, 0.717) is 33.9 Å². The minimum Gasteiger partial charge on any atom is -0.321 e. The van der Waals surface area contributed by atoms with Gasteiger partial charge in [-0.15, -0.1) is 11.8 Å². The van der Waals surface area contributed by atoms with Gasteiger partial charge in [-0.25, -0.2) is 4.68 Å². The molecule has 0 saturated heterocycles. The van der Waals surface area contributed by atoms with Gasteiger partial charge in [-0.3, -0.25) is 34.0 Å². The molecule has 3 amide bonds. The third kappa shape index (κ3) is 8.08. The number of thioether (sulfide) groups is 1. The lowest BCUT2D eigenvalue weighted by Crippen LogP contribution is -2.30. The van der Waals surface area contributed by atoms with Crippen LogP contribution in [-0.4, -0.2) is 37.3 Å². The number of nitro benzene ring substituents is 1. The predicted molar refractivity (Wildman–Crippen MR) is 194 cm³/mol. The molecule has 0 aliphatic rings. The molecule has 0 radical (unpaired) electrons. The molecular formula is C37H34N6O6S. The summed E-state index contributed by atoms with van der Waals surface area (Å²) in [6, 6.07) is 30.1. The smallest absolute Gasteiger partial charge is 0.295 e. The van der Waals surface area contributed by atoms with Crippen LogP contribution in [0.2, 0.25) is 0 Å². The van der Waals surface area contributed by atoms with E-state index >= 15 is 0 Å². The number of amides is 3. The van der Waals surface area contributed by atoms with Crippen molar-refractivity contribution in [2.75, 3.05) is 10.6 Å². The molecule has 0 saturated carbocycles. The van der Waals surface area contributed by atoms with Crippen LogP contribution in [0.5, 0.6) is 0 Å². The molecule has 1 unspecified atom stereocenters. The van der Waals surface area contributed by atoms with E-state index in [2.05, 4.69) is 16.0 Å². The first-order valence-corrected chi connectivity index (χ1v) is 16.5. The Bertz CT molecular complexity index is 2140. The van der Waals surface area contributed by atoms with E-state index in [4.69, 9.17) is 0 Å². The fourth-order valence-electron chi connectivity index (χ4n) is 5.12. The Hall–Kier alpha value is -6.21. The Kier molecular flexibility index (Phi) is 11.1. The van der Waals surface area contributed by atoms with Crippen LogP contribution < -0.4 is 21.5 Å². The van der Waals surface area contributed by atoms with Gasteiger partial charge in [0.05, 0.1) is 27.1 Å². The number of nitrogens with zero attached hydrogens (tertiary/aromatic N) is 3. The van der Waals surface area contributed by atoms with Crippen molar-refractivity contribution in [3.63, 3.8) is 0 Å². The molecule has 0 spiro atoms. The fourth-order valence-corrected chi connectivity index (χ4v) is 6.14. The monoisotopic (exact) mass is 690 g/mol. The second-order valence-corrected chi connectivity index (χ2v) is 12.4. The molecule has 0 aliphatic heterocycles. The Morgan fingerprint density at radius 3 is 2.24 bits per heavy atom. The predicted octanol–water partition coefficient (Wildman–Crippen LogP) is 6.31. The van der Waals surface area contributed by atoms with Crippen LogP contribution >= 0.6 is 11.8 Å². The number of nitrogens with one attached hydrogen (secondary N) is 3. The number of hydrogen-bond donors (Lipinski definition) is 3. The van der Waals surface area contributed by atoms with Crippen molar-refractivity contribution in [1.82, 2.24) is 14.7 Å². The topological polar surface area (TPSA) is 157 Å². The van der Waals surface area contributed by atoms with E-state index in [1.807, 2.05) is 37.3 Å². The van der Waals surface area contributed by atoms with Crippen LogP contribution in [0.15, 0.2) is 125 Å². The molecule has 1 heterocycles. The average molecular weight is 691 g/mol. The maximum Gasteiger partial charge on any atom is 0.295 e. The number of carbonyl (C=O) groups excluding carboxylic acids is 3. The Labute approximate surface area is 292 Å². The largest absolute Gasteiger partial charge is 0.321 e. The zero-order valence-electron chi connectivity index (χ0n) is 27.5. The average Bonchev–Trinajstić information content (AvgIpc) is 3.33. The summed E-state index contributed by atoms with van der Waals surface area (Å²) in [5, 5.41) is 19.3. The zero-order chi connectivity index (χ0) is 35.8. The highest BCUT2D eigenvalue weighted by Crippen LogP contribution is 2.29. The normalized spacial score (nSPS) is 11.8. The summed E-state index contributed by atoms with van der Waals surface area (Å²) in [4.78, 5) is 65.2. The van der Waals surface area contributed by atoms with Crippen molar-refractivity contribution in [2.45, 2.75) is 30.4 Å². The molecule has 254 valence electrons. The summed E-state index contributed by atoms with van der Waals surface area (Å²) in [6.07, 6.45) is 1.70. The molecule has 50 heavy (non-hydrogen) atoms. The molecular weight excluding hydrogens is 657 g/mol. The summed E-state index contributed by atoms with van der Waals surface area (Å²) >= 11 is 1.26. The SMILES string of the molecule is CCC(Sc1cccc(NC(=O)/C(=C\c2ccccc2[N+](=O)[O-])NC(=O)c2ccccc2)c1)C(=O)Nc1c(C)n(C)n(-c2ccccc2)c1=O. The molecule has 5 aromatic rings. The number of anilines is 2. The van der Waals surface area contributed by atoms with E-state index < -0.39 is 22.0 Å². The van der Waals surface area contributed by atoms with Gasteiger partial charge >= 0.3 is 0 Å². The second kappa shape index (κ2) is 15.8. The van der Waals surface area contributed by atoms with Crippen LogP contribution in [0.1, 0.15) is 35.0 Å². The number of carbonyl (C=O) groups is 3. The molecule has 0 aliphatic carbocycles. The second-order valence-electron chi connectivity index (χ2n) is 11.1. The Balaban J connectivity index is 1.35. The lowest BCUT2D eigenvalue weighted by atomic mass is 10.1. The summed E-state index contributed by atoms with van der Waals surface area (Å²) in [6.45, 7) is 3.62. The van der Waals surface area contributed by atoms with E-state index in [1.54, 1.807) is 79.3 Å². The Morgan fingerprint density at radius 2 is 1.56 bits per heavy atom. The van der Waals surface area contributed by atoms with Gasteiger partial charge in [-0.1, -0.05) is 61.5 Å². The lowest BCUT2D eigenvalue weighted by Gasteiger charge is -2.15. The van der Waals surface area contributed by atoms with Crippen molar-refractivity contribution >= 4 is 52.6 Å². The van der Waals surface area contributed by atoms with Gasteiger partial charge in [-0.2, -0.15) is 0 Å². The maximum absolute atomic E-state index is 13.6. The summed E-state index contributed by atoms with van der Waals surface area (Å²) in [5.74, 6) is -1.64. The maximum atomic E-state index is 13.6. The molecule has 3 N–H and O–H groups in total. The van der Waals surface area contributed by atoms with Crippen LogP contribution in [0.25, 0.3) is 11.8 Å². The van der Waals surface area contributed by atoms with Gasteiger partial charge in [0.2, 0.25) is 5.91 Å². The molecule has 1 atom stereocenters. The first kappa shape index (κ1) is 35.1. The quantitative estimate of drug-likeness (QED) is 0.0599. The third-order valence-corrected chi connectivity index (χ3v) is 9.16. The minimum absolute atomic E-state index is 0.126. The molecule has 4 aromatic carbocycles. The highest BCUT2D eigenvalue weighted by molar-refractivity contribution is 8.00. The van der Waals surface area contributed by atoms with Gasteiger partial charge in [-0.05, 0) is 68.0 Å². The van der Waals surface area contributed by atoms with Crippen molar-refractivity contribution in [1.29, 1.82) is 0 Å². The summed E-state index contributed by atoms with van der Waals surface area (Å²) in [5.41, 5.74) is 1.44. The van der Waals surface area contributed by atoms with Gasteiger partial charge in [0.1, 0.15) is 11.4 Å². The van der Waals surface area contributed by atoms with E-state index in [-0.39, 0.29) is 34.1 Å². The molecule has 0 bridgehead atoms.